The second kappa shape index (κ2) is 7.31. The molecule has 2 atom stereocenters. The van der Waals surface area contributed by atoms with Crippen LogP contribution in [0.5, 0.6) is 0 Å². The molecule has 0 radical (unpaired) electrons. The number of esters is 1. The molecule has 4 heteroatoms. The van der Waals surface area contributed by atoms with Crippen LogP contribution in [-0.4, -0.2) is 22.6 Å². The number of allylic oxidation sites excluding steroid dienone is 1. The van der Waals surface area contributed by atoms with Crippen molar-refractivity contribution in [1.82, 2.24) is 0 Å². The zero-order valence-electron chi connectivity index (χ0n) is 12.6. The van der Waals surface area contributed by atoms with Crippen LogP contribution >= 0.6 is 0 Å². The van der Waals surface area contributed by atoms with Gasteiger partial charge in [0.15, 0.2) is 0 Å². The molecule has 0 aromatic carbocycles. The van der Waals surface area contributed by atoms with Crippen molar-refractivity contribution in [2.45, 2.75) is 53.1 Å². The lowest BCUT2D eigenvalue weighted by Gasteiger charge is -2.27. The van der Waals surface area contributed by atoms with Crippen LogP contribution in [0.4, 0.5) is 0 Å². The third-order valence-electron chi connectivity index (χ3n) is 2.66. The maximum Gasteiger partial charge on any atom is 0.310 e. The lowest BCUT2D eigenvalue weighted by molar-refractivity contribution is -0.167. The van der Waals surface area contributed by atoms with Crippen molar-refractivity contribution in [3.8, 4) is 0 Å². The van der Waals surface area contributed by atoms with Gasteiger partial charge in [0, 0.05) is 0 Å². The van der Waals surface area contributed by atoms with E-state index in [2.05, 4.69) is 6.58 Å². The summed E-state index contributed by atoms with van der Waals surface area (Å²) < 4.78 is 5.32. The van der Waals surface area contributed by atoms with Crippen molar-refractivity contribution >= 4 is 11.9 Å². The summed E-state index contributed by atoms with van der Waals surface area (Å²) in [6.45, 7) is 12.8. The average molecular weight is 270 g/mol. The first-order chi connectivity index (χ1) is 8.58. The number of carbonyl (C=O) groups excluding carboxylic acids is 1. The van der Waals surface area contributed by atoms with Crippen molar-refractivity contribution in [3.05, 3.63) is 12.7 Å². The second-order valence-electron chi connectivity index (χ2n) is 6.24. The zero-order chi connectivity index (χ0) is 15.2. The molecule has 0 amide bonds. The fourth-order valence-corrected chi connectivity index (χ4v) is 1.93. The highest BCUT2D eigenvalue weighted by molar-refractivity contribution is 5.81. The summed E-state index contributed by atoms with van der Waals surface area (Å²) >= 11 is 0. The van der Waals surface area contributed by atoms with E-state index in [4.69, 9.17) is 4.74 Å². The standard InChI is InChI=1S/C15H26O4/c1-7-8-11(14(18)19-15(4,5)6)12(13(16)17)9-10(2)3/h7,10-12H,1,8-9H2,2-6H3,(H,16,17)/t11?,12-/m1/s1. The molecule has 0 spiro atoms. The molecule has 0 heterocycles. The van der Waals surface area contributed by atoms with Crippen molar-refractivity contribution in [1.29, 1.82) is 0 Å². The fourth-order valence-electron chi connectivity index (χ4n) is 1.93. The Morgan fingerprint density at radius 2 is 1.79 bits per heavy atom. The molecular formula is C15H26O4. The van der Waals surface area contributed by atoms with E-state index in [-0.39, 0.29) is 5.92 Å². The van der Waals surface area contributed by atoms with E-state index in [1.54, 1.807) is 26.8 Å². The normalized spacial score (nSPS) is 14.8. The van der Waals surface area contributed by atoms with Gasteiger partial charge in [0.2, 0.25) is 0 Å². The molecule has 0 rings (SSSR count). The van der Waals surface area contributed by atoms with Gasteiger partial charge in [0.25, 0.3) is 0 Å². The molecular weight excluding hydrogens is 244 g/mol. The Hall–Kier alpha value is -1.32. The van der Waals surface area contributed by atoms with E-state index >= 15 is 0 Å². The number of ether oxygens (including phenoxy) is 1. The van der Waals surface area contributed by atoms with Gasteiger partial charge < -0.3 is 9.84 Å². The van der Waals surface area contributed by atoms with Gasteiger partial charge in [-0.15, -0.1) is 6.58 Å². The number of carboxylic acid groups (broad SMARTS) is 1. The highest BCUT2D eigenvalue weighted by Crippen LogP contribution is 2.27. The van der Waals surface area contributed by atoms with Crippen LogP contribution in [0, 0.1) is 17.8 Å². The second-order valence-corrected chi connectivity index (χ2v) is 6.24. The molecule has 19 heavy (non-hydrogen) atoms. The number of carboxylic acids is 1. The number of carbonyl (C=O) groups is 2. The number of aliphatic carboxylic acids is 1. The summed E-state index contributed by atoms with van der Waals surface area (Å²) in [6.07, 6.45) is 2.34. The van der Waals surface area contributed by atoms with E-state index in [9.17, 15) is 14.7 Å². The summed E-state index contributed by atoms with van der Waals surface area (Å²) in [7, 11) is 0. The predicted octanol–water partition coefficient (Wildman–Crippen LogP) is 3.27. The highest BCUT2D eigenvalue weighted by Gasteiger charge is 2.35. The first kappa shape index (κ1) is 17.7. The van der Waals surface area contributed by atoms with Crippen molar-refractivity contribution in [2.24, 2.45) is 17.8 Å². The molecule has 0 bridgehead atoms. The molecule has 0 saturated carbocycles. The maximum absolute atomic E-state index is 12.1. The quantitative estimate of drug-likeness (QED) is 0.569. The molecule has 1 unspecified atom stereocenters. The van der Waals surface area contributed by atoms with Gasteiger partial charge >= 0.3 is 11.9 Å². The minimum atomic E-state index is -0.952. The highest BCUT2D eigenvalue weighted by atomic mass is 16.6. The van der Waals surface area contributed by atoms with Crippen LogP contribution in [0.1, 0.15) is 47.5 Å². The van der Waals surface area contributed by atoms with E-state index in [1.807, 2.05) is 13.8 Å². The van der Waals surface area contributed by atoms with Gasteiger partial charge in [-0.3, -0.25) is 9.59 Å². The van der Waals surface area contributed by atoms with Crippen LogP contribution in [0.25, 0.3) is 0 Å². The van der Waals surface area contributed by atoms with Crippen molar-refractivity contribution in [2.75, 3.05) is 0 Å². The Morgan fingerprint density at radius 3 is 2.11 bits per heavy atom. The molecule has 0 aromatic heterocycles. The van der Waals surface area contributed by atoms with Crippen molar-refractivity contribution in [3.63, 3.8) is 0 Å². The summed E-state index contributed by atoms with van der Waals surface area (Å²) in [5.41, 5.74) is -0.614. The third kappa shape index (κ3) is 6.99. The molecule has 1 N–H and O–H groups in total. The van der Waals surface area contributed by atoms with Crippen molar-refractivity contribution < 1.29 is 19.4 Å². The lowest BCUT2D eigenvalue weighted by Crippen LogP contribution is -2.36. The minimum absolute atomic E-state index is 0.204. The zero-order valence-corrected chi connectivity index (χ0v) is 12.6. The van der Waals surface area contributed by atoms with E-state index in [0.717, 1.165) is 0 Å². The average Bonchev–Trinajstić information content (AvgIpc) is 2.19. The summed E-state index contributed by atoms with van der Waals surface area (Å²) in [6, 6.07) is 0. The third-order valence-corrected chi connectivity index (χ3v) is 2.66. The molecule has 4 nitrogen and oxygen atoms in total. The van der Waals surface area contributed by atoms with Crippen LogP contribution in [0.2, 0.25) is 0 Å². The molecule has 0 saturated heterocycles. The van der Waals surface area contributed by atoms with Crippen LogP contribution in [0.15, 0.2) is 12.7 Å². The molecule has 110 valence electrons. The van der Waals surface area contributed by atoms with Gasteiger partial charge in [-0.25, -0.2) is 0 Å². The van der Waals surface area contributed by atoms with Crippen LogP contribution in [0.3, 0.4) is 0 Å². The van der Waals surface area contributed by atoms with Gasteiger partial charge in [0.1, 0.15) is 5.60 Å². The Kier molecular flexibility index (Phi) is 6.81. The molecule has 0 aliphatic carbocycles. The predicted molar refractivity (Wildman–Crippen MR) is 74.7 cm³/mol. The van der Waals surface area contributed by atoms with Gasteiger partial charge in [-0.2, -0.15) is 0 Å². The Morgan fingerprint density at radius 1 is 1.26 bits per heavy atom. The molecule has 0 aromatic rings. The first-order valence-corrected chi connectivity index (χ1v) is 6.65. The van der Waals surface area contributed by atoms with Crippen LogP contribution < -0.4 is 0 Å². The minimum Gasteiger partial charge on any atom is -0.481 e. The fraction of sp³-hybridized carbons (Fsp3) is 0.733. The molecule has 0 fully saturated rings. The SMILES string of the molecule is C=CCC(C(=O)OC(C)(C)C)[C@@H](CC(C)C)C(=O)O. The topological polar surface area (TPSA) is 63.6 Å². The van der Waals surface area contributed by atoms with Gasteiger partial charge in [0.05, 0.1) is 11.8 Å². The Bertz CT molecular complexity index is 326. The van der Waals surface area contributed by atoms with E-state index in [0.29, 0.717) is 12.8 Å². The lowest BCUT2D eigenvalue weighted by atomic mass is 9.83. The number of rotatable bonds is 7. The Balaban J connectivity index is 5.07. The first-order valence-electron chi connectivity index (χ1n) is 6.65. The largest absolute Gasteiger partial charge is 0.481 e. The smallest absolute Gasteiger partial charge is 0.310 e. The molecule has 0 aliphatic heterocycles. The summed E-state index contributed by atoms with van der Waals surface area (Å²) in [5, 5.41) is 9.32. The van der Waals surface area contributed by atoms with Gasteiger partial charge in [-0.05, 0) is 39.5 Å². The number of hydrogen-bond acceptors (Lipinski definition) is 3. The summed E-state index contributed by atoms with van der Waals surface area (Å²) in [4.78, 5) is 23.5. The Labute approximate surface area is 115 Å². The monoisotopic (exact) mass is 270 g/mol. The van der Waals surface area contributed by atoms with E-state index < -0.39 is 29.4 Å². The summed E-state index contributed by atoms with van der Waals surface area (Å²) in [5.74, 6) is -2.60. The maximum atomic E-state index is 12.1. The van der Waals surface area contributed by atoms with Crippen LogP contribution in [-0.2, 0) is 14.3 Å². The van der Waals surface area contributed by atoms with E-state index in [1.165, 1.54) is 0 Å². The molecule has 0 aliphatic rings. The van der Waals surface area contributed by atoms with Gasteiger partial charge in [-0.1, -0.05) is 19.9 Å². The number of hydrogen-bond donors (Lipinski definition) is 1.